The summed E-state index contributed by atoms with van der Waals surface area (Å²) in [5, 5.41) is 4.41. The van der Waals surface area contributed by atoms with Crippen molar-refractivity contribution in [2.45, 2.75) is 19.9 Å². The Labute approximate surface area is 103 Å². The standard InChI is InChI=1S/C11H12IN3/c1-8(2)15-7-13-11(14-15)9-3-5-10(12)6-4-9/h3-8H,1-2H3. The fraction of sp³-hybridized carbons (Fsp3) is 0.273. The van der Waals surface area contributed by atoms with E-state index in [-0.39, 0.29) is 0 Å². The molecule has 78 valence electrons. The highest BCUT2D eigenvalue weighted by molar-refractivity contribution is 14.1. The van der Waals surface area contributed by atoms with Crippen LogP contribution in [0.2, 0.25) is 0 Å². The monoisotopic (exact) mass is 313 g/mol. The van der Waals surface area contributed by atoms with Gasteiger partial charge in [0.25, 0.3) is 0 Å². The van der Waals surface area contributed by atoms with Crippen LogP contribution in [0.5, 0.6) is 0 Å². The van der Waals surface area contributed by atoms with Crippen LogP contribution in [0, 0.1) is 3.57 Å². The van der Waals surface area contributed by atoms with E-state index in [1.54, 1.807) is 6.33 Å². The minimum absolute atomic E-state index is 0.357. The molecule has 0 aliphatic carbocycles. The maximum atomic E-state index is 4.41. The number of hydrogen-bond acceptors (Lipinski definition) is 2. The van der Waals surface area contributed by atoms with Gasteiger partial charge in [0, 0.05) is 15.2 Å². The highest BCUT2D eigenvalue weighted by Gasteiger charge is 2.05. The number of nitrogens with zero attached hydrogens (tertiary/aromatic N) is 3. The molecule has 0 N–H and O–H groups in total. The van der Waals surface area contributed by atoms with E-state index in [4.69, 9.17) is 0 Å². The summed E-state index contributed by atoms with van der Waals surface area (Å²) >= 11 is 2.29. The van der Waals surface area contributed by atoms with Gasteiger partial charge in [-0.15, -0.1) is 0 Å². The van der Waals surface area contributed by atoms with Crippen LogP contribution in [0.4, 0.5) is 0 Å². The highest BCUT2D eigenvalue weighted by Crippen LogP contribution is 2.16. The molecule has 2 aromatic rings. The lowest BCUT2D eigenvalue weighted by Crippen LogP contribution is -2.00. The van der Waals surface area contributed by atoms with Crippen LogP contribution in [0.1, 0.15) is 19.9 Å². The Morgan fingerprint density at radius 3 is 2.40 bits per heavy atom. The lowest BCUT2D eigenvalue weighted by molar-refractivity contribution is 0.532. The van der Waals surface area contributed by atoms with Gasteiger partial charge in [0.15, 0.2) is 5.82 Å². The van der Waals surface area contributed by atoms with Gasteiger partial charge in [-0.25, -0.2) is 9.67 Å². The van der Waals surface area contributed by atoms with Gasteiger partial charge in [-0.1, -0.05) is 12.1 Å². The topological polar surface area (TPSA) is 30.7 Å². The molecule has 0 amide bonds. The molecule has 0 unspecified atom stereocenters. The number of aromatic nitrogens is 3. The zero-order chi connectivity index (χ0) is 10.8. The van der Waals surface area contributed by atoms with Gasteiger partial charge in [0.05, 0.1) is 0 Å². The molecule has 4 heteroatoms. The third-order valence-corrected chi connectivity index (χ3v) is 2.86. The molecule has 0 fully saturated rings. The molecule has 0 spiro atoms. The molecule has 0 radical (unpaired) electrons. The van der Waals surface area contributed by atoms with E-state index in [1.807, 2.05) is 16.8 Å². The number of hydrogen-bond donors (Lipinski definition) is 0. The smallest absolute Gasteiger partial charge is 0.181 e. The summed E-state index contributed by atoms with van der Waals surface area (Å²) in [5.74, 6) is 0.792. The SMILES string of the molecule is CC(C)n1cnc(-c2ccc(I)cc2)n1. The van der Waals surface area contributed by atoms with Crippen molar-refractivity contribution in [3.05, 3.63) is 34.2 Å². The van der Waals surface area contributed by atoms with Gasteiger partial charge >= 0.3 is 0 Å². The second-order valence-corrected chi connectivity index (χ2v) is 4.89. The molecule has 0 atom stereocenters. The summed E-state index contributed by atoms with van der Waals surface area (Å²) in [6, 6.07) is 8.57. The zero-order valence-corrected chi connectivity index (χ0v) is 10.8. The average Bonchev–Trinajstić information content (AvgIpc) is 2.68. The van der Waals surface area contributed by atoms with Gasteiger partial charge in [-0.05, 0) is 48.6 Å². The molecule has 0 saturated heterocycles. The molecular weight excluding hydrogens is 301 g/mol. The van der Waals surface area contributed by atoms with Crippen LogP contribution < -0.4 is 0 Å². The number of benzene rings is 1. The number of halogens is 1. The van der Waals surface area contributed by atoms with Crippen LogP contribution in [0.15, 0.2) is 30.6 Å². The first-order chi connectivity index (χ1) is 7.16. The molecular formula is C11H12IN3. The third kappa shape index (κ3) is 2.37. The van der Waals surface area contributed by atoms with Crippen LogP contribution in [-0.2, 0) is 0 Å². The molecule has 0 bridgehead atoms. The fourth-order valence-electron chi connectivity index (χ4n) is 1.25. The van der Waals surface area contributed by atoms with Gasteiger partial charge in [0.1, 0.15) is 6.33 Å². The van der Waals surface area contributed by atoms with Gasteiger partial charge in [-0.2, -0.15) is 5.10 Å². The van der Waals surface area contributed by atoms with Crippen LogP contribution >= 0.6 is 22.6 Å². The van der Waals surface area contributed by atoms with Crippen LogP contribution in [0.25, 0.3) is 11.4 Å². The van der Waals surface area contributed by atoms with E-state index >= 15 is 0 Å². The molecule has 0 aliphatic heterocycles. The van der Waals surface area contributed by atoms with Crippen molar-refractivity contribution in [2.75, 3.05) is 0 Å². The van der Waals surface area contributed by atoms with Gasteiger partial charge in [-0.3, -0.25) is 0 Å². The summed E-state index contributed by atoms with van der Waals surface area (Å²) < 4.78 is 3.09. The van der Waals surface area contributed by atoms with Crippen molar-refractivity contribution in [3.8, 4) is 11.4 Å². The van der Waals surface area contributed by atoms with Crippen molar-refractivity contribution >= 4 is 22.6 Å². The van der Waals surface area contributed by atoms with E-state index in [1.165, 1.54) is 3.57 Å². The maximum absolute atomic E-state index is 4.41. The predicted molar refractivity (Wildman–Crippen MR) is 68.6 cm³/mol. The van der Waals surface area contributed by atoms with E-state index < -0.39 is 0 Å². The maximum Gasteiger partial charge on any atom is 0.181 e. The summed E-state index contributed by atoms with van der Waals surface area (Å²) in [5.41, 5.74) is 1.06. The van der Waals surface area contributed by atoms with Crippen molar-refractivity contribution in [1.82, 2.24) is 14.8 Å². The summed E-state index contributed by atoms with van der Waals surface area (Å²) in [7, 11) is 0. The van der Waals surface area contributed by atoms with Crippen molar-refractivity contribution in [1.29, 1.82) is 0 Å². The Bertz CT molecular complexity index is 445. The Morgan fingerprint density at radius 1 is 1.20 bits per heavy atom. The average molecular weight is 313 g/mol. The first-order valence-corrected chi connectivity index (χ1v) is 5.92. The molecule has 15 heavy (non-hydrogen) atoms. The normalized spacial score (nSPS) is 10.9. The van der Waals surface area contributed by atoms with Crippen LogP contribution in [0.3, 0.4) is 0 Å². The second-order valence-electron chi connectivity index (χ2n) is 3.65. The Kier molecular flexibility index (Phi) is 3.04. The second kappa shape index (κ2) is 4.30. The lowest BCUT2D eigenvalue weighted by Gasteiger charge is -2.01. The van der Waals surface area contributed by atoms with Gasteiger partial charge in [0.2, 0.25) is 0 Å². The fourth-order valence-corrected chi connectivity index (χ4v) is 1.61. The highest BCUT2D eigenvalue weighted by atomic mass is 127. The Hall–Kier alpha value is -0.910. The molecule has 1 aromatic heterocycles. The summed E-state index contributed by atoms with van der Waals surface area (Å²) in [4.78, 5) is 4.29. The quantitative estimate of drug-likeness (QED) is 0.798. The van der Waals surface area contributed by atoms with E-state index in [0.29, 0.717) is 6.04 Å². The van der Waals surface area contributed by atoms with Crippen molar-refractivity contribution < 1.29 is 0 Å². The molecule has 2 rings (SSSR count). The van der Waals surface area contributed by atoms with Crippen molar-refractivity contribution in [2.24, 2.45) is 0 Å². The minimum Gasteiger partial charge on any atom is -0.250 e. The largest absolute Gasteiger partial charge is 0.250 e. The third-order valence-electron chi connectivity index (χ3n) is 2.14. The first kappa shape index (κ1) is 10.6. The zero-order valence-electron chi connectivity index (χ0n) is 8.68. The molecule has 1 aromatic carbocycles. The van der Waals surface area contributed by atoms with E-state index in [2.05, 4.69) is 58.7 Å². The van der Waals surface area contributed by atoms with E-state index in [9.17, 15) is 0 Å². The van der Waals surface area contributed by atoms with Gasteiger partial charge < -0.3 is 0 Å². The van der Waals surface area contributed by atoms with E-state index in [0.717, 1.165) is 11.4 Å². The lowest BCUT2D eigenvalue weighted by atomic mass is 10.2. The molecule has 0 saturated carbocycles. The van der Waals surface area contributed by atoms with Crippen molar-refractivity contribution in [3.63, 3.8) is 0 Å². The minimum atomic E-state index is 0.357. The Morgan fingerprint density at radius 2 is 1.87 bits per heavy atom. The first-order valence-electron chi connectivity index (χ1n) is 4.84. The Balaban J connectivity index is 2.33. The molecule has 0 aliphatic rings. The predicted octanol–water partition coefficient (Wildman–Crippen LogP) is 3.13. The summed E-state index contributed by atoms with van der Waals surface area (Å²) in [6.07, 6.45) is 1.78. The molecule has 3 nitrogen and oxygen atoms in total. The van der Waals surface area contributed by atoms with Crippen LogP contribution in [-0.4, -0.2) is 14.8 Å². The molecule has 1 heterocycles. The number of rotatable bonds is 2. The summed E-state index contributed by atoms with van der Waals surface area (Å²) in [6.45, 7) is 4.18.